The Morgan fingerprint density at radius 2 is 2.21 bits per heavy atom. The summed E-state index contributed by atoms with van der Waals surface area (Å²) in [5, 5.41) is 6.93. The number of hydrogen-bond donors (Lipinski definition) is 1. The van der Waals surface area contributed by atoms with Crippen molar-refractivity contribution in [3.8, 4) is 0 Å². The van der Waals surface area contributed by atoms with Crippen LogP contribution in [0.2, 0.25) is 0 Å². The molecule has 0 spiro atoms. The largest absolute Gasteiger partial charge is 0.382 e. The highest BCUT2D eigenvalue weighted by Gasteiger charge is 2.44. The molecule has 0 aromatic carbocycles. The summed E-state index contributed by atoms with van der Waals surface area (Å²) in [7, 11) is 0. The molecular weight excluding hydrogens is 309 g/mol. The molecule has 0 radical (unpaired) electrons. The van der Waals surface area contributed by atoms with E-state index in [0.717, 1.165) is 44.7 Å². The van der Waals surface area contributed by atoms with Gasteiger partial charge in [-0.05, 0) is 44.6 Å². The molecule has 0 aliphatic heterocycles. The minimum atomic E-state index is -0.349. The molecule has 7 heteroatoms. The van der Waals surface area contributed by atoms with Gasteiger partial charge in [0.1, 0.15) is 6.33 Å². The highest BCUT2D eigenvalue weighted by molar-refractivity contribution is 5.42. The minimum Gasteiger partial charge on any atom is -0.382 e. The van der Waals surface area contributed by atoms with Crippen LogP contribution in [-0.2, 0) is 11.3 Å². The SMILES string of the molecule is CCOCCC1(CN(Cc2ccn[nH]2)c2ncnc(C)c2F)CC1. The van der Waals surface area contributed by atoms with E-state index in [1.807, 2.05) is 17.9 Å². The lowest BCUT2D eigenvalue weighted by atomic mass is 10.0. The summed E-state index contributed by atoms with van der Waals surface area (Å²) in [6, 6.07) is 1.90. The maximum Gasteiger partial charge on any atom is 0.186 e. The number of aromatic amines is 1. The fraction of sp³-hybridized carbons (Fsp3) is 0.588. The molecule has 24 heavy (non-hydrogen) atoms. The summed E-state index contributed by atoms with van der Waals surface area (Å²) >= 11 is 0. The molecule has 0 bridgehead atoms. The molecule has 1 aliphatic rings. The molecule has 0 unspecified atom stereocenters. The molecule has 3 rings (SSSR count). The van der Waals surface area contributed by atoms with Gasteiger partial charge >= 0.3 is 0 Å². The van der Waals surface area contributed by atoms with Crippen molar-refractivity contribution in [3.63, 3.8) is 0 Å². The van der Waals surface area contributed by atoms with Crippen molar-refractivity contribution < 1.29 is 9.13 Å². The van der Waals surface area contributed by atoms with Crippen LogP contribution in [0.15, 0.2) is 18.6 Å². The second-order valence-electron chi connectivity index (χ2n) is 6.48. The van der Waals surface area contributed by atoms with Crippen molar-refractivity contribution >= 4 is 5.82 Å². The third-order valence-electron chi connectivity index (χ3n) is 4.63. The van der Waals surface area contributed by atoms with Crippen molar-refractivity contribution in [1.29, 1.82) is 0 Å². The lowest BCUT2D eigenvalue weighted by Gasteiger charge is -2.28. The molecule has 2 heterocycles. The summed E-state index contributed by atoms with van der Waals surface area (Å²) in [6.45, 7) is 6.45. The van der Waals surface area contributed by atoms with E-state index < -0.39 is 0 Å². The van der Waals surface area contributed by atoms with Crippen LogP contribution in [0.1, 0.15) is 37.6 Å². The maximum absolute atomic E-state index is 14.6. The number of anilines is 1. The van der Waals surface area contributed by atoms with Gasteiger partial charge in [0.05, 0.1) is 17.9 Å². The molecule has 6 nitrogen and oxygen atoms in total. The number of aromatic nitrogens is 4. The monoisotopic (exact) mass is 333 g/mol. The molecular formula is C17H24FN5O. The Hall–Kier alpha value is -2.02. The van der Waals surface area contributed by atoms with Crippen LogP contribution in [0.4, 0.5) is 10.2 Å². The van der Waals surface area contributed by atoms with Gasteiger partial charge in [-0.3, -0.25) is 5.10 Å². The molecule has 2 aromatic rings. The van der Waals surface area contributed by atoms with Gasteiger partial charge in [-0.1, -0.05) is 0 Å². The predicted molar refractivity (Wildman–Crippen MR) is 89.1 cm³/mol. The Kier molecular flexibility index (Phi) is 5.08. The van der Waals surface area contributed by atoms with Crippen LogP contribution in [0, 0.1) is 18.2 Å². The van der Waals surface area contributed by atoms with E-state index in [2.05, 4.69) is 20.2 Å². The lowest BCUT2D eigenvalue weighted by Crippen LogP contribution is -2.32. The summed E-state index contributed by atoms with van der Waals surface area (Å²) < 4.78 is 20.1. The zero-order valence-electron chi connectivity index (χ0n) is 14.3. The van der Waals surface area contributed by atoms with Crippen molar-refractivity contribution in [3.05, 3.63) is 35.8 Å². The molecule has 1 saturated carbocycles. The number of H-pyrrole nitrogens is 1. The summed E-state index contributed by atoms with van der Waals surface area (Å²) in [4.78, 5) is 10.1. The molecule has 1 fully saturated rings. The van der Waals surface area contributed by atoms with Crippen molar-refractivity contribution in [2.75, 3.05) is 24.7 Å². The van der Waals surface area contributed by atoms with E-state index in [9.17, 15) is 4.39 Å². The molecule has 1 N–H and O–H groups in total. The normalized spacial score (nSPS) is 15.5. The highest BCUT2D eigenvalue weighted by Crippen LogP contribution is 2.50. The fourth-order valence-corrected chi connectivity index (χ4v) is 2.95. The van der Waals surface area contributed by atoms with Crippen molar-refractivity contribution in [1.82, 2.24) is 20.2 Å². The average molecular weight is 333 g/mol. The van der Waals surface area contributed by atoms with Gasteiger partial charge in [0, 0.05) is 26.0 Å². The third-order valence-corrected chi connectivity index (χ3v) is 4.63. The van der Waals surface area contributed by atoms with E-state index in [0.29, 0.717) is 18.1 Å². The Morgan fingerprint density at radius 3 is 2.88 bits per heavy atom. The number of ether oxygens (including phenoxy) is 1. The van der Waals surface area contributed by atoms with Crippen LogP contribution in [0.3, 0.4) is 0 Å². The summed E-state index contributed by atoms with van der Waals surface area (Å²) in [5.74, 6) is 0.0115. The number of halogens is 1. The molecule has 130 valence electrons. The smallest absolute Gasteiger partial charge is 0.186 e. The standard InChI is InChI=1S/C17H24FN5O/c1-3-24-9-7-17(5-6-17)11-23(10-14-4-8-21-22-14)16-15(18)13(2)19-12-20-16/h4,8,12H,3,5-7,9-11H2,1-2H3,(H,21,22). The fourth-order valence-electron chi connectivity index (χ4n) is 2.95. The van der Waals surface area contributed by atoms with Gasteiger partial charge in [-0.2, -0.15) is 5.10 Å². The van der Waals surface area contributed by atoms with E-state index in [-0.39, 0.29) is 11.2 Å². The predicted octanol–water partition coefficient (Wildman–Crippen LogP) is 2.86. The first-order valence-corrected chi connectivity index (χ1v) is 8.41. The lowest BCUT2D eigenvalue weighted by molar-refractivity contribution is 0.129. The van der Waals surface area contributed by atoms with Crippen LogP contribution in [0.25, 0.3) is 0 Å². The zero-order chi connectivity index (χ0) is 17.0. The van der Waals surface area contributed by atoms with E-state index >= 15 is 0 Å². The van der Waals surface area contributed by atoms with Crippen LogP contribution < -0.4 is 4.90 Å². The van der Waals surface area contributed by atoms with Crippen LogP contribution in [-0.4, -0.2) is 39.9 Å². The van der Waals surface area contributed by atoms with E-state index in [4.69, 9.17) is 4.74 Å². The molecule has 0 saturated heterocycles. The zero-order valence-corrected chi connectivity index (χ0v) is 14.3. The quantitative estimate of drug-likeness (QED) is 0.715. The number of hydrogen-bond acceptors (Lipinski definition) is 5. The van der Waals surface area contributed by atoms with Gasteiger partial charge in [-0.25, -0.2) is 14.4 Å². The van der Waals surface area contributed by atoms with Crippen molar-refractivity contribution in [2.45, 2.75) is 39.7 Å². The topological polar surface area (TPSA) is 66.9 Å². The third kappa shape index (κ3) is 3.90. The molecule has 0 amide bonds. The summed E-state index contributed by atoms with van der Waals surface area (Å²) in [6.07, 6.45) is 6.41. The Morgan fingerprint density at radius 1 is 1.38 bits per heavy atom. The average Bonchev–Trinajstić information content (AvgIpc) is 3.13. The number of nitrogens with one attached hydrogen (secondary N) is 1. The van der Waals surface area contributed by atoms with Crippen LogP contribution in [0.5, 0.6) is 0 Å². The molecule has 2 aromatic heterocycles. The van der Waals surface area contributed by atoms with Gasteiger partial charge in [0.15, 0.2) is 11.6 Å². The Bertz CT molecular complexity index is 657. The second kappa shape index (κ2) is 7.25. The molecule has 0 atom stereocenters. The minimum absolute atomic E-state index is 0.195. The van der Waals surface area contributed by atoms with Crippen molar-refractivity contribution in [2.24, 2.45) is 5.41 Å². The van der Waals surface area contributed by atoms with Gasteiger partial charge in [0.2, 0.25) is 0 Å². The van der Waals surface area contributed by atoms with Crippen LogP contribution >= 0.6 is 0 Å². The van der Waals surface area contributed by atoms with Gasteiger partial charge in [0.25, 0.3) is 0 Å². The Labute approximate surface area is 141 Å². The first kappa shape index (κ1) is 16.8. The van der Waals surface area contributed by atoms with Gasteiger partial charge in [-0.15, -0.1) is 0 Å². The van der Waals surface area contributed by atoms with E-state index in [1.54, 1.807) is 13.1 Å². The summed E-state index contributed by atoms with van der Waals surface area (Å²) in [5.41, 5.74) is 1.50. The number of aryl methyl sites for hydroxylation is 1. The first-order chi connectivity index (χ1) is 11.6. The first-order valence-electron chi connectivity index (χ1n) is 8.41. The van der Waals surface area contributed by atoms with Gasteiger partial charge < -0.3 is 9.64 Å². The number of rotatable bonds is 9. The Balaban J connectivity index is 1.79. The van der Waals surface area contributed by atoms with E-state index in [1.165, 1.54) is 6.33 Å². The molecule has 1 aliphatic carbocycles. The second-order valence-corrected chi connectivity index (χ2v) is 6.48. The highest BCUT2D eigenvalue weighted by atomic mass is 19.1. The maximum atomic E-state index is 14.6. The number of nitrogens with zero attached hydrogens (tertiary/aromatic N) is 4.